The molecule has 0 bridgehead atoms. The molecule has 1 N–H and O–H groups in total. The van der Waals surface area contributed by atoms with Crippen LogP contribution in [0.15, 0.2) is 54.1 Å². The average Bonchev–Trinajstić information content (AvgIpc) is 3.07. The van der Waals surface area contributed by atoms with E-state index in [9.17, 15) is 14.7 Å². The van der Waals surface area contributed by atoms with Crippen molar-refractivity contribution in [2.24, 2.45) is 0 Å². The molecule has 1 saturated heterocycles. The lowest BCUT2D eigenvalue weighted by atomic mass is 9.93. The third-order valence-electron chi connectivity index (χ3n) is 5.84. The molecule has 34 heavy (non-hydrogen) atoms. The fourth-order valence-corrected chi connectivity index (χ4v) is 3.99. The lowest BCUT2D eigenvalue weighted by molar-refractivity contribution is -0.140. The maximum Gasteiger partial charge on any atom is 0.295 e. The van der Waals surface area contributed by atoms with Gasteiger partial charge in [0.05, 0.1) is 30.9 Å². The normalized spacial score (nSPS) is 17.7. The molecule has 1 atom stereocenters. The molecule has 6 heteroatoms. The third-order valence-corrected chi connectivity index (χ3v) is 5.84. The molecular weight excluding hydrogens is 430 g/mol. The summed E-state index contributed by atoms with van der Waals surface area (Å²) in [6, 6.07) is 14.1. The maximum atomic E-state index is 13.1. The van der Waals surface area contributed by atoms with E-state index < -0.39 is 17.7 Å². The van der Waals surface area contributed by atoms with Crippen molar-refractivity contribution in [3.05, 3.63) is 70.8 Å². The van der Waals surface area contributed by atoms with Crippen LogP contribution in [0.1, 0.15) is 69.7 Å². The number of hydrogen-bond donors (Lipinski definition) is 1. The lowest BCUT2D eigenvalue weighted by Gasteiger charge is -2.26. The molecule has 2 aromatic rings. The number of carbonyl (C=O) groups is 2. The van der Waals surface area contributed by atoms with E-state index in [4.69, 9.17) is 9.47 Å². The summed E-state index contributed by atoms with van der Waals surface area (Å²) in [4.78, 5) is 27.6. The average molecular weight is 466 g/mol. The van der Waals surface area contributed by atoms with E-state index in [1.54, 1.807) is 24.3 Å². The first-order chi connectivity index (χ1) is 16.2. The SMILES string of the molecule is CCCOc1ccc(/C(O)=C2/C(=O)C(=O)N(CCOC(C)C)C2c2ccc(C(C)C)cc2)cc1. The van der Waals surface area contributed by atoms with Crippen LogP contribution in [0, 0.1) is 0 Å². The molecule has 1 fully saturated rings. The van der Waals surface area contributed by atoms with Gasteiger partial charge in [-0.3, -0.25) is 9.59 Å². The van der Waals surface area contributed by atoms with Crippen molar-refractivity contribution >= 4 is 17.4 Å². The predicted molar refractivity (Wildman–Crippen MR) is 133 cm³/mol. The number of nitrogens with zero attached hydrogens (tertiary/aromatic N) is 1. The minimum Gasteiger partial charge on any atom is -0.507 e. The molecule has 2 aromatic carbocycles. The minimum absolute atomic E-state index is 0.00837. The molecule has 1 amide bonds. The van der Waals surface area contributed by atoms with Gasteiger partial charge in [0.25, 0.3) is 11.7 Å². The van der Waals surface area contributed by atoms with Crippen molar-refractivity contribution in [3.8, 4) is 5.75 Å². The summed E-state index contributed by atoms with van der Waals surface area (Å²) in [5.41, 5.74) is 2.49. The highest BCUT2D eigenvalue weighted by Gasteiger charge is 2.45. The highest BCUT2D eigenvalue weighted by atomic mass is 16.5. The predicted octanol–water partition coefficient (Wildman–Crippen LogP) is 5.45. The van der Waals surface area contributed by atoms with E-state index >= 15 is 0 Å². The molecule has 0 radical (unpaired) electrons. The van der Waals surface area contributed by atoms with Crippen LogP contribution in [0.25, 0.3) is 5.76 Å². The van der Waals surface area contributed by atoms with Gasteiger partial charge < -0.3 is 19.5 Å². The van der Waals surface area contributed by atoms with Gasteiger partial charge in [-0.25, -0.2) is 0 Å². The van der Waals surface area contributed by atoms with E-state index in [-0.39, 0.29) is 24.0 Å². The van der Waals surface area contributed by atoms with Crippen molar-refractivity contribution in [2.75, 3.05) is 19.8 Å². The molecule has 0 spiro atoms. The van der Waals surface area contributed by atoms with Gasteiger partial charge in [0.1, 0.15) is 11.5 Å². The van der Waals surface area contributed by atoms with Crippen molar-refractivity contribution < 1.29 is 24.2 Å². The Morgan fingerprint density at radius 1 is 0.971 bits per heavy atom. The number of aliphatic hydroxyl groups excluding tert-OH is 1. The number of amides is 1. The Morgan fingerprint density at radius 3 is 2.18 bits per heavy atom. The molecule has 0 aliphatic carbocycles. The number of carbonyl (C=O) groups excluding carboxylic acids is 2. The Bertz CT molecular complexity index is 1020. The van der Waals surface area contributed by atoms with Gasteiger partial charge in [0.15, 0.2) is 0 Å². The second-order valence-electron chi connectivity index (χ2n) is 9.11. The first-order valence-corrected chi connectivity index (χ1v) is 12.0. The molecule has 0 aromatic heterocycles. The fraction of sp³-hybridized carbons (Fsp3) is 0.429. The summed E-state index contributed by atoms with van der Waals surface area (Å²) in [5.74, 6) is -0.467. The van der Waals surface area contributed by atoms with Gasteiger partial charge in [-0.05, 0) is 61.6 Å². The van der Waals surface area contributed by atoms with Crippen LogP contribution >= 0.6 is 0 Å². The Morgan fingerprint density at radius 2 is 1.62 bits per heavy atom. The molecule has 1 unspecified atom stereocenters. The van der Waals surface area contributed by atoms with E-state index in [1.807, 2.05) is 45.0 Å². The van der Waals surface area contributed by atoms with Crippen LogP contribution in [0.2, 0.25) is 0 Å². The number of rotatable bonds is 10. The molecule has 182 valence electrons. The van der Waals surface area contributed by atoms with Crippen molar-refractivity contribution in [3.63, 3.8) is 0 Å². The maximum absolute atomic E-state index is 13.1. The van der Waals surface area contributed by atoms with Crippen LogP contribution in [-0.4, -0.2) is 47.6 Å². The first kappa shape index (κ1) is 25.5. The van der Waals surface area contributed by atoms with E-state index in [1.165, 1.54) is 4.90 Å². The van der Waals surface area contributed by atoms with Gasteiger partial charge in [-0.2, -0.15) is 0 Å². The largest absolute Gasteiger partial charge is 0.507 e. The van der Waals surface area contributed by atoms with Crippen molar-refractivity contribution in [2.45, 2.75) is 59.1 Å². The Balaban J connectivity index is 2.02. The van der Waals surface area contributed by atoms with Crippen LogP contribution in [0.3, 0.4) is 0 Å². The molecule has 1 aliphatic rings. The molecule has 6 nitrogen and oxygen atoms in total. The molecule has 1 heterocycles. The zero-order valence-corrected chi connectivity index (χ0v) is 20.7. The quantitative estimate of drug-likeness (QED) is 0.287. The monoisotopic (exact) mass is 465 g/mol. The number of Topliss-reactive ketones (excluding diaryl/α,β-unsaturated/α-hetero) is 1. The van der Waals surface area contributed by atoms with Crippen LogP contribution in [0.4, 0.5) is 0 Å². The van der Waals surface area contributed by atoms with Gasteiger partial charge in [-0.1, -0.05) is 45.0 Å². The minimum atomic E-state index is -0.689. The molecular formula is C28H35NO5. The zero-order valence-electron chi connectivity index (χ0n) is 20.7. The van der Waals surface area contributed by atoms with Gasteiger partial charge in [0, 0.05) is 12.1 Å². The number of benzene rings is 2. The van der Waals surface area contributed by atoms with Gasteiger partial charge >= 0.3 is 0 Å². The summed E-state index contributed by atoms with van der Waals surface area (Å²) in [5, 5.41) is 11.2. The second kappa shape index (κ2) is 11.3. The first-order valence-electron chi connectivity index (χ1n) is 12.0. The summed E-state index contributed by atoms with van der Waals surface area (Å²) in [7, 11) is 0. The zero-order chi connectivity index (χ0) is 24.8. The number of aliphatic hydroxyl groups is 1. The number of ketones is 1. The van der Waals surface area contributed by atoms with Crippen molar-refractivity contribution in [1.29, 1.82) is 0 Å². The van der Waals surface area contributed by atoms with Crippen molar-refractivity contribution in [1.82, 2.24) is 4.90 Å². The highest BCUT2D eigenvalue weighted by Crippen LogP contribution is 2.39. The number of hydrogen-bond acceptors (Lipinski definition) is 5. The molecule has 1 aliphatic heterocycles. The second-order valence-corrected chi connectivity index (χ2v) is 9.11. The van der Waals surface area contributed by atoms with Gasteiger partial charge in [0.2, 0.25) is 0 Å². The Labute approximate surface area is 202 Å². The van der Waals surface area contributed by atoms with E-state index in [2.05, 4.69) is 13.8 Å². The van der Waals surface area contributed by atoms with Crippen LogP contribution in [0.5, 0.6) is 5.75 Å². The van der Waals surface area contributed by atoms with Gasteiger partial charge in [-0.15, -0.1) is 0 Å². The fourth-order valence-electron chi connectivity index (χ4n) is 3.99. The van der Waals surface area contributed by atoms with Crippen LogP contribution < -0.4 is 4.74 Å². The topological polar surface area (TPSA) is 76.1 Å². The summed E-state index contributed by atoms with van der Waals surface area (Å²) >= 11 is 0. The third kappa shape index (κ3) is 5.68. The van der Waals surface area contributed by atoms with E-state index in [0.717, 1.165) is 17.5 Å². The smallest absolute Gasteiger partial charge is 0.295 e. The highest BCUT2D eigenvalue weighted by molar-refractivity contribution is 6.46. The van der Waals surface area contributed by atoms with E-state index in [0.29, 0.717) is 30.4 Å². The standard InChI is InChI=1S/C28H35NO5/c1-6-16-34-23-13-11-22(12-14-23)26(30)24-25(21-9-7-20(8-10-21)18(2)3)29(28(32)27(24)31)15-17-33-19(4)5/h7-14,18-19,25,30H,6,15-17H2,1-5H3/b26-24-. The Hall–Kier alpha value is -3.12. The van der Waals surface area contributed by atoms with Crippen LogP contribution in [-0.2, 0) is 14.3 Å². The summed E-state index contributed by atoms with van der Waals surface area (Å²) < 4.78 is 11.3. The Kier molecular flexibility index (Phi) is 8.51. The lowest BCUT2D eigenvalue weighted by Crippen LogP contribution is -2.33. The number of ether oxygens (including phenoxy) is 2. The summed E-state index contributed by atoms with van der Waals surface area (Å²) in [6.45, 7) is 11.2. The molecule has 0 saturated carbocycles. The summed E-state index contributed by atoms with van der Waals surface area (Å²) in [6.07, 6.45) is 0.899. The number of likely N-dealkylation sites (tertiary alicyclic amines) is 1. The molecule has 3 rings (SSSR count).